The van der Waals surface area contributed by atoms with Gasteiger partial charge in [-0.15, -0.1) is 0 Å². The zero-order valence-corrected chi connectivity index (χ0v) is 20.1. The first-order valence-corrected chi connectivity index (χ1v) is 12.4. The summed E-state index contributed by atoms with van der Waals surface area (Å²) in [5, 5.41) is 14.7. The third-order valence-electron chi connectivity index (χ3n) is 6.65. The second-order valence-corrected chi connectivity index (χ2v) is 9.35. The first-order valence-electron chi connectivity index (χ1n) is 12.4. The number of nitrogens with zero attached hydrogens (tertiary/aromatic N) is 4. The maximum absolute atomic E-state index is 12.8. The SMILES string of the molecule is O=C(Nc1cnn(Cc2ccccc2)c1)C1CCC(C(=O)Nc2cnn(Cc3ccccc3)c2)CC1. The van der Waals surface area contributed by atoms with Crippen LogP contribution in [-0.2, 0) is 22.7 Å². The molecule has 0 radical (unpaired) electrons. The van der Waals surface area contributed by atoms with Crippen LogP contribution in [0.15, 0.2) is 85.5 Å². The van der Waals surface area contributed by atoms with Crippen molar-refractivity contribution < 1.29 is 9.59 Å². The minimum atomic E-state index is -0.0971. The number of benzene rings is 2. The zero-order valence-electron chi connectivity index (χ0n) is 20.1. The zero-order chi connectivity index (χ0) is 24.7. The fourth-order valence-corrected chi connectivity index (χ4v) is 4.68. The summed E-state index contributed by atoms with van der Waals surface area (Å²) in [6.07, 6.45) is 9.81. The Balaban J connectivity index is 1.07. The molecule has 2 amide bonds. The van der Waals surface area contributed by atoms with Gasteiger partial charge < -0.3 is 10.6 Å². The van der Waals surface area contributed by atoms with Gasteiger partial charge in [-0.3, -0.25) is 19.0 Å². The van der Waals surface area contributed by atoms with E-state index in [0.29, 0.717) is 50.1 Å². The van der Waals surface area contributed by atoms with Gasteiger partial charge in [-0.2, -0.15) is 10.2 Å². The average Bonchev–Trinajstić information content (AvgIpc) is 3.54. The summed E-state index contributed by atoms with van der Waals surface area (Å²) in [6, 6.07) is 20.1. The Hall–Kier alpha value is -4.20. The van der Waals surface area contributed by atoms with Crippen molar-refractivity contribution in [3.8, 4) is 0 Å². The van der Waals surface area contributed by atoms with Crippen LogP contribution in [0.5, 0.6) is 0 Å². The summed E-state index contributed by atoms with van der Waals surface area (Å²) < 4.78 is 3.63. The molecule has 0 atom stereocenters. The topological polar surface area (TPSA) is 93.8 Å². The van der Waals surface area contributed by atoms with Crippen molar-refractivity contribution in [1.82, 2.24) is 19.6 Å². The van der Waals surface area contributed by atoms with Gasteiger partial charge in [0.15, 0.2) is 0 Å². The van der Waals surface area contributed by atoms with Gasteiger partial charge >= 0.3 is 0 Å². The van der Waals surface area contributed by atoms with Gasteiger partial charge in [-0.05, 0) is 36.8 Å². The third kappa shape index (κ3) is 6.07. The molecule has 0 spiro atoms. The Bertz CT molecular complexity index is 1190. The van der Waals surface area contributed by atoms with Gasteiger partial charge in [0.2, 0.25) is 11.8 Å². The van der Waals surface area contributed by atoms with Gasteiger partial charge in [0, 0.05) is 24.2 Å². The van der Waals surface area contributed by atoms with E-state index in [1.54, 1.807) is 12.4 Å². The third-order valence-corrected chi connectivity index (χ3v) is 6.65. The van der Waals surface area contributed by atoms with E-state index >= 15 is 0 Å². The van der Waals surface area contributed by atoms with Crippen LogP contribution in [-0.4, -0.2) is 31.4 Å². The lowest BCUT2D eigenvalue weighted by atomic mass is 9.81. The van der Waals surface area contributed by atoms with E-state index < -0.39 is 0 Å². The van der Waals surface area contributed by atoms with Crippen LogP contribution in [0.25, 0.3) is 0 Å². The first kappa shape index (κ1) is 23.5. The van der Waals surface area contributed by atoms with Crippen LogP contribution in [0.3, 0.4) is 0 Å². The maximum atomic E-state index is 12.8. The summed E-state index contributed by atoms with van der Waals surface area (Å²) in [6.45, 7) is 1.31. The Morgan fingerprint density at radius 1 is 0.667 bits per heavy atom. The molecule has 2 heterocycles. The Morgan fingerprint density at radius 3 is 1.44 bits per heavy atom. The summed E-state index contributed by atoms with van der Waals surface area (Å²) in [7, 11) is 0. The lowest BCUT2D eigenvalue weighted by Crippen LogP contribution is -2.31. The Labute approximate surface area is 210 Å². The molecule has 4 aromatic rings. The minimum absolute atomic E-state index is 0.00434. The number of anilines is 2. The van der Waals surface area contributed by atoms with E-state index in [-0.39, 0.29) is 23.7 Å². The fourth-order valence-electron chi connectivity index (χ4n) is 4.68. The summed E-state index contributed by atoms with van der Waals surface area (Å²) >= 11 is 0. The van der Waals surface area contributed by atoms with Crippen molar-refractivity contribution in [3.63, 3.8) is 0 Å². The molecule has 8 heteroatoms. The van der Waals surface area contributed by atoms with Crippen molar-refractivity contribution >= 4 is 23.2 Å². The van der Waals surface area contributed by atoms with E-state index in [9.17, 15) is 9.59 Å². The van der Waals surface area contributed by atoms with Crippen LogP contribution >= 0.6 is 0 Å². The summed E-state index contributed by atoms with van der Waals surface area (Å²) in [5.41, 5.74) is 3.70. The van der Waals surface area contributed by atoms with Crippen molar-refractivity contribution in [3.05, 3.63) is 96.6 Å². The highest BCUT2D eigenvalue weighted by Crippen LogP contribution is 2.30. The maximum Gasteiger partial charge on any atom is 0.227 e. The van der Waals surface area contributed by atoms with Crippen LogP contribution < -0.4 is 10.6 Å². The molecule has 0 unspecified atom stereocenters. The number of amides is 2. The standard InChI is InChI=1S/C28H30N6O2/c35-27(31-25-15-29-33(19-25)17-21-7-3-1-4-8-21)23-11-13-24(14-12-23)28(36)32-26-16-30-34(20-26)18-22-9-5-2-6-10-22/h1-10,15-16,19-20,23-24H,11-14,17-18H2,(H,31,35)(H,32,36). The van der Waals surface area contributed by atoms with Crippen LogP contribution in [0.4, 0.5) is 11.4 Å². The largest absolute Gasteiger partial charge is 0.323 e. The van der Waals surface area contributed by atoms with Crippen LogP contribution in [0, 0.1) is 11.8 Å². The molecule has 0 saturated heterocycles. The van der Waals surface area contributed by atoms with E-state index in [1.165, 1.54) is 0 Å². The predicted octanol–water partition coefficient (Wildman–Crippen LogP) is 4.56. The van der Waals surface area contributed by atoms with E-state index in [0.717, 1.165) is 11.1 Å². The molecule has 8 nitrogen and oxygen atoms in total. The summed E-state index contributed by atoms with van der Waals surface area (Å²) in [4.78, 5) is 25.6. The Morgan fingerprint density at radius 2 is 1.06 bits per heavy atom. The number of nitrogens with one attached hydrogen (secondary N) is 2. The van der Waals surface area contributed by atoms with E-state index in [2.05, 4.69) is 20.8 Å². The van der Waals surface area contributed by atoms with E-state index in [4.69, 9.17) is 0 Å². The molecule has 1 saturated carbocycles. The van der Waals surface area contributed by atoms with Crippen molar-refractivity contribution in [1.29, 1.82) is 0 Å². The molecule has 0 aliphatic heterocycles. The molecular formula is C28H30N6O2. The first-order chi connectivity index (χ1) is 17.6. The second kappa shape index (κ2) is 11.0. The number of aromatic nitrogens is 4. The number of rotatable bonds is 8. The summed E-state index contributed by atoms with van der Waals surface area (Å²) in [5.74, 6) is -0.203. The molecule has 2 aromatic heterocycles. The highest BCUT2D eigenvalue weighted by molar-refractivity contribution is 5.94. The van der Waals surface area contributed by atoms with Crippen molar-refractivity contribution in [2.75, 3.05) is 10.6 Å². The molecule has 1 aliphatic carbocycles. The molecule has 1 aliphatic rings. The lowest BCUT2D eigenvalue weighted by Gasteiger charge is -2.26. The quantitative estimate of drug-likeness (QED) is 0.385. The molecule has 5 rings (SSSR count). The molecule has 36 heavy (non-hydrogen) atoms. The molecule has 2 aromatic carbocycles. The number of carbonyl (C=O) groups is 2. The molecular weight excluding hydrogens is 452 g/mol. The fraction of sp³-hybridized carbons (Fsp3) is 0.286. The normalized spacial score (nSPS) is 17.4. The monoisotopic (exact) mass is 482 g/mol. The van der Waals surface area contributed by atoms with E-state index in [1.807, 2.05) is 82.4 Å². The van der Waals surface area contributed by atoms with Gasteiger partial charge in [-0.1, -0.05) is 60.7 Å². The number of hydrogen-bond acceptors (Lipinski definition) is 4. The minimum Gasteiger partial charge on any atom is -0.323 e. The number of hydrogen-bond donors (Lipinski definition) is 2. The molecule has 0 bridgehead atoms. The predicted molar refractivity (Wildman–Crippen MR) is 138 cm³/mol. The highest BCUT2D eigenvalue weighted by atomic mass is 16.2. The van der Waals surface area contributed by atoms with Crippen LogP contribution in [0.1, 0.15) is 36.8 Å². The molecule has 1 fully saturated rings. The van der Waals surface area contributed by atoms with Gasteiger partial charge in [0.05, 0.1) is 36.9 Å². The molecule has 184 valence electrons. The van der Waals surface area contributed by atoms with Gasteiger partial charge in [-0.25, -0.2) is 0 Å². The average molecular weight is 483 g/mol. The smallest absolute Gasteiger partial charge is 0.227 e. The van der Waals surface area contributed by atoms with Crippen LogP contribution in [0.2, 0.25) is 0 Å². The highest BCUT2D eigenvalue weighted by Gasteiger charge is 2.30. The second-order valence-electron chi connectivity index (χ2n) is 9.35. The van der Waals surface area contributed by atoms with Gasteiger partial charge in [0.1, 0.15) is 0 Å². The lowest BCUT2D eigenvalue weighted by molar-refractivity contribution is -0.125. The van der Waals surface area contributed by atoms with Crippen molar-refractivity contribution in [2.45, 2.75) is 38.8 Å². The van der Waals surface area contributed by atoms with Crippen molar-refractivity contribution in [2.24, 2.45) is 11.8 Å². The number of carbonyl (C=O) groups excluding carboxylic acids is 2. The van der Waals surface area contributed by atoms with Gasteiger partial charge in [0.25, 0.3) is 0 Å². The Kier molecular flexibility index (Phi) is 7.21. The molecule has 2 N–H and O–H groups in total.